The number of hydrogen-bond donors (Lipinski definition) is 2. The molecular weight excluding hydrogens is 220 g/mol. The Balaban J connectivity index is 2.47. The Hall–Kier alpha value is -1.26. The van der Waals surface area contributed by atoms with Gasteiger partial charge in [-0.15, -0.1) is 0 Å². The molecule has 0 radical (unpaired) electrons. The van der Waals surface area contributed by atoms with Gasteiger partial charge in [0.25, 0.3) is 0 Å². The van der Waals surface area contributed by atoms with Gasteiger partial charge in [-0.25, -0.2) is 4.79 Å². The number of carbonyl (C=O) groups is 2. The number of urea groups is 1. The number of rotatable bonds is 3. The van der Waals surface area contributed by atoms with Crippen LogP contribution in [0.2, 0.25) is 0 Å². The van der Waals surface area contributed by atoms with E-state index in [1.54, 1.807) is 11.8 Å². The number of piperidine rings is 1. The lowest BCUT2D eigenvalue weighted by Gasteiger charge is -2.36. The lowest BCUT2D eigenvalue weighted by molar-refractivity contribution is -0.150. The van der Waals surface area contributed by atoms with Crippen molar-refractivity contribution < 1.29 is 14.7 Å². The van der Waals surface area contributed by atoms with Crippen LogP contribution in [0.1, 0.15) is 40.0 Å². The Kier molecular flexibility index (Phi) is 4.37. The molecule has 1 heterocycles. The van der Waals surface area contributed by atoms with Gasteiger partial charge in [-0.2, -0.15) is 0 Å². The van der Waals surface area contributed by atoms with Gasteiger partial charge < -0.3 is 15.3 Å². The van der Waals surface area contributed by atoms with Crippen LogP contribution in [0, 0.1) is 5.41 Å². The van der Waals surface area contributed by atoms with Crippen molar-refractivity contribution in [3.63, 3.8) is 0 Å². The molecule has 1 saturated heterocycles. The molecule has 0 aromatic heterocycles. The Morgan fingerprint density at radius 3 is 2.35 bits per heavy atom. The van der Waals surface area contributed by atoms with Gasteiger partial charge in [0.05, 0.1) is 5.41 Å². The van der Waals surface area contributed by atoms with Crippen LogP contribution in [0.15, 0.2) is 0 Å². The highest BCUT2D eigenvalue weighted by atomic mass is 16.4. The van der Waals surface area contributed by atoms with E-state index in [9.17, 15) is 9.59 Å². The fraction of sp³-hybridized carbons (Fsp3) is 0.833. The lowest BCUT2D eigenvalue weighted by Crippen LogP contribution is -2.50. The first-order valence-corrected chi connectivity index (χ1v) is 6.18. The fourth-order valence-corrected chi connectivity index (χ4v) is 1.82. The molecule has 0 aliphatic carbocycles. The molecule has 0 aromatic rings. The molecule has 1 fully saturated rings. The van der Waals surface area contributed by atoms with Crippen LogP contribution < -0.4 is 5.32 Å². The number of likely N-dealkylation sites (tertiary alicyclic amines) is 1. The fourth-order valence-electron chi connectivity index (χ4n) is 1.82. The van der Waals surface area contributed by atoms with Crippen molar-refractivity contribution in [1.29, 1.82) is 0 Å². The molecule has 1 unspecified atom stereocenters. The lowest BCUT2D eigenvalue weighted by atomic mass is 9.80. The third kappa shape index (κ3) is 3.35. The summed E-state index contributed by atoms with van der Waals surface area (Å²) in [6.07, 6.45) is 1.94. The van der Waals surface area contributed by atoms with Crippen molar-refractivity contribution >= 4 is 12.0 Å². The smallest absolute Gasteiger partial charge is 0.317 e. The van der Waals surface area contributed by atoms with E-state index < -0.39 is 11.4 Å². The second-order valence-electron chi connectivity index (χ2n) is 5.11. The van der Waals surface area contributed by atoms with Crippen LogP contribution in [-0.4, -0.2) is 41.1 Å². The topological polar surface area (TPSA) is 69.6 Å². The average Bonchev–Trinajstić information content (AvgIpc) is 2.29. The number of carbonyl (C=O) groups excluding carboxylic acids is 1. The van der Waals surface area contributed by atoms with Crippen molar-refractivity contribution in [3.05, 3.63) is 0 Å². The summed E-state index contributed by atoms with van der Waals surface area (Å²) >= 11 is 0. The van der Waals surface area contributed by atoms with Gasteiger partial charge in [-0.3, -0.25) is 4.79 Å². The number of nitrogens with one attached hydrogen (secondary N) is 1. The molecule has 5 heteroatoms. The number of nitrogens with zero attached hydrogens (tertiary/aromatic N) is 1. The van der Waals surface area contributed by atoms with E-state index in [1.165, 1.54) is 0 Å². The third-order valence-electron chi connectivity index (χ3n) is 3.65. The molecular formula is C12H22N2O3. The summed E-state index contributed by atoms with van der Waals surface area (Å²) < 4.78 is 0. The zero-order chi connectivity index (χ0) is 13.1. The number of hydrogen-bond acceptors (Lipinski definition) is 2. The molecule has 1 atom stereocenters. The summed E-state index contributed by atoms with van der Waals surface area (Å²) in [5, 5.41) is 12.0. The molecule has 1 aliphatic rings. The summed E-state index contributed by atoms with van der Waals surface area (Å²) in [6, 6.07) is 0.0853. The largest absolute Gasteiger partial charge is 0.481 e. The van der Waals surface area contributed by atoms with Crippen molar-refractivity contribution in [2.45, 2.75) is 46.1 Å². The van der Waals surface area contributed by atoms with E-state index in [1.807, 2.05) is 13.8 Å². The summed E-state index contributed by atoms with van der Waals surface area (Å²) in [7, 11) is 0. The molecule has 0 saturated carbocycles. The van der Waals surface area contributed by atoms with E-state index in [4.69, 9.17) is 5.11 Å². The first-order valence-electron chi connectivity index (χ1n) is 6.18. The van der Waals surface area contributed by atoms with Crippen LogP contribution in [0.5, 0.6) is 0 Å². The van der Waals surface area contributed by atoms with E-state index in [2.05, 4.69) is 5.32 Å². The molecule has 2 amide bonds. The molecule has 0 bridgehead atoms. The minimum Gasteiger partial charge on any atom is -0.481 e. The molecule has 1 rings (SSSR count). The SMILES string of the molecule is CCC(C)NC(=O)N1CCC(C)(C(=O)O)CC1. The van der Waals surface area contributed by atoms with Crippen LogP contribution in [0.4, 0.5) is 4.79 Å². The Morgan fingerprint density at radius 1 is 1.41 bits per heavy atom. The zero-order valence-corrected chi connectivity index (χ0v) is 10.8. The maximum Gasteiger partial charge on any atom is 0.317 e. The van der Waals surface area contributed by atoms with Crippen LogP contribution >= 0.6 is 0 Å². The van der Waals surface area contributed by atoms with Gasteiger partial charge in [-0.05, 0) is 33.1 Å². The molecule has 2 N–H and O–H groups in total. The second kappa shape index (κ2) is 5.38. The summed E-state index contributed by atoms with van der Waals surface area (Å²) in [4.78, 5) is 24.6. The standard InChI is InChI=1S/C12H22N2O3/c1-4-9(2)13-11(17)14-7-5-12(3,6-8-14)10(15)16/h9H,4-8H2,1-3H3,(H,13,17)(H,15,16). The predicted octanol–water partition coefficient (Wildman–Crippen LogP) is 1.68. The Bertz CT molecular complexity index is 296. The first kappa shape index (κ1) is 13.8. The van der Waals surface area contributed by atoms with Gasteiger partial charge in [0.2, 0.25) is 0 Å². The highest BCUT2D eigenvalue weighted by molar-refractivity contribution is 5.77. The minimum absolute atomic E-state index is 0.0770. The molecule has 0 spiro atoms. The van der Waals surface area contributed by atoms with E-state index in [-0.39, 0.29) is 12.1 Å². The number of amides is 2. The van der Waals surface area contributed by atoms with Gasteiger partial charge in [-0.1, -0.05) is 6.92 Å². The van der Waals surface area contributed by atoms with Crippen molar-refractivity contribution in [1.82, 2.24) is 10.2 Å². The molecule has 98 valence electrons. The van der Waals surface area contributed by atoms with Crippen molar-refractivity contribution in [3.8, 4) is 0 Å². The minimum atomic E-state index is -0.764. The summed E-state index contributed by atoms with van der Waals surface area (Å²) in [5.41, 5.74) is -0.673. The van der Waals surface area contributed by atoms with Crippen LogP contribution in [0.25, 0.3) is 0 Å². The van der Waals surface area contributed by atoms with E-state index in [0.29, 0.717) is 25.9 Å². The van der Waals surface area contributed by atoms with Gasteiger partial charge in [0, 0.05) is 19.1 Å². The highest BCUT2D eigenvalue weighted by Crippen LogP contribution is 2.30. The highest BCUT2D eigenvalue weighted by Gasteiger charge is 2.38. The number of carboxylic acid groups (broad SMARTS) is 1. The van der Waals surface area contributed by atoms with Crippen molar-refractivity contribution in [2.75, 3.05) is 13.1 Å². The normalized spacial score (nSPS) is 20.8. The first-order chi connectivity index (χ1) is 7.89. The summed E-state index contributed by atoms with van der Waals surface area (Å²) in [5.74, 6) is -0.764. The summed E-state index contributed by atoms with van der Waals surface area (Å²) in [6.45, 7) is 6.77. The Labute approximate surface area is 102 Å². The predicted molar refractivity (Wildman–Crippen MR) is 64.8 cm³/mol. The van der Waals surface area contributed by atoms with Gasteiger partial charge in [0.1, 0.15) is 0 Å². The maximum absolute atomic E-state index is 11.8. The maximum atomic E-state index is 11.8. The monoisotopic (exact) mass is 242 g/mol. The van der Waals surface area contributed by atoms with Crippen LogP contribution in [0.3, 0.4) is 0 Å². The average molecular weight is 242 g/mol. The molecule has 5 nitrogen and oxygen atoms in total. The van der Waals surface area contributed by atoms with Gasteiger partial charge >= 0.3 is 12.0 Å². The number of aliphatic carboxylic acids is 1. The van der Waals surface area contributed by atoms with Crippen LogP contribution in [-0.2, 0) is 4.79 Å². The molecule has 1 aliphatic heterocycles. The zero-order valence-electron chi connectivity index (χ0n) is 10.8. The van der Waals surface area contributed by atoms with Crippen molar-refractivity contribution in [2.24, 2.45) is 5.41 Å². The van der Waals surface area contributed by atoms with E-state index >= 15 is 0 Å². The molecule has 17 heavy (non-hydrogen) atoms. The van der Waals surface area contributed by atoms with E-state index in [0.717, 1.165) is 6.42 Å². The third-order valence-corrected chi connectivity index (χ3v) is 3.65. The van der Waals surface area contributed by atoms with Gasteiger partial charge in [0.15, 0.2) is 0 Å². The Morgan fingerprint density at radius 2 is 1.94 bits per heavy atom. The second-order valence-corrected chi connectivity index (χ2v) is 5.11. The molecule has 0 aromatic carbocycles. The quantitative estimate of drug-likeness (QED) is 0.791. The number of carboxylic acids is 1.